The first-order valence-electron chi connectivity index (χ1n) is 9.27. The predicted octanol–water partition coefficient (Wildman–Crippen LogP) is 3.25. The Balaban J connectivity index is 1.49. The van der Waals surface area contributed by atoms with E-state index < -0.39 is 0 Å². The number of nitrogens with zero attached hydrogens (tertiary/aromatic N) is 1. The molecule has 0 atom stereocenters. The lowest BCUT2D eigenvalue weighted by Gasteiger charge is -2.31. The summed E-state index contributed by atoms with van der Waals surface area (Å²) in [5.74, 6) is 0.753. The Morgan fingerprint density at radius 2 is 1.93 bits per heavy atom. The molecule has 1 aromatic heterocycles. The molecule has 9 heteroatoms. The average molecular weight is 438 g/mol. The number of ether oxygens (including phenoxy) is 2. The van der Waals surface area contributed by atoms with Crippen molar-refractivity contribution < 1.29 is 19.1 Å². The fourth-order valence-electron chi connectivity index (χ4n) is 3.25. The van der Waals surface area contributed by atoms with Crippen molar-refractivity contribution in [3.63, 3.8) is 0 Å². The molecule has 0 aliphatic carbocycles. The molecular formula is C20H24ClN3O4S. The lowest BCUT2D eigenvalue weighted by molar-refractivity contribution is -0.117. The highest BCUT2D eigenvalue weighted by Gasteiger charge is 2.23. The maximum absolute atomic E-state index is 12.5. The molecule has 1 fully saturated rings. The first kappa shape index (κ1) is 21.4. The van der Waals surface area contributed by atoms with Crippen molar-refractivity contribution in [2.75, 3.05) is 39.2 Å². The largest absolute Gasteiger partial charge is 0.495 e. The summed E-state index contributed by atoms with van der Waals surface area (Å²) in [6.07, 6.45) is 1.61. The number of carbonyl (C=O) groups excluding carboxylic acids is 2. The van der Waals surface area contributed by atoms with E-state index in [1.54, 1.807) is 12.1 Å². The maximum Gasteiger partial charge on any atom is 0.252 e. The summed E-state index contributed by atoms with van der Waals surface area (Å²) >= 11 is 7.61. The third kappa shape index (κ3) is 5.62. The van der Waals surface area contributed by atoms with Crippen LogP contribution in [0.2, 0.25) is 5.02 Å². The van der Waals surface area contributed by atoms with Gasteiger partial charge in [-0.1, -0.05) is 11.6 Å². The van der Waals surface area contributed by atoms with Gasteiger partial charge in [0.25, 0.3) is 5.91 Å². The van der Waals surface area contributed by atoms with Crippen LogP contribution in [0.5, 0.6) is 11.5 Å². The van der Waals surface area contributed by atoms with Crippen LogP contribution in [-0.2, 0) is 4.79 Å². The molecule has 0 saturated carbocycles. The summed E-state index contributed by atoms with van der Waals surface area (Å²) in [6, 6.07) is 5.20. The number of likely N-dealkylation sites (tertiary alicyclic amines) is 1. The van der Waals surface area contributed by atoms with Gasteiger partial charge in [-0.05, 0) is 24.3 Å². The first-order chi connectivity index (χ1) is 14.0. The van der Waals surface area contributed by atoms with Crippen LogP contribution >= 0.6 is 22.9 Å². The van der Waals surface area contributed by atoms with Crippen LogP contribution in [0, 0.1) is 0 Å². The molecule has 3 rings (SSSR count). The van der Waals surface area contributed by atoms with Crippen molar-refractivity contribution in [1.29, 1.82) is 0 Å². The Bertz CT molecular complexity index is 852. The summed E-state index contributed by atoms with van der Waals surface area (Å²) < 4.78 is 10.5. The minimum atomic E-state index is -0.145. The van der Waals surface area contributed by atoms with Gasteiger partial charge >= 0.3 is 0 Å². The van der Waals surface area contributed by atoms with Gasteiger partial charge in [-0.25, -0.2) is 0 Å². The van der Waals surface area contributed by atoms with E-state index in [1.807, 2.05) is 16.8 Å². The Hall–Kier alpha value is -2.29. The van der Waals surface area contributed by atoms with Crippen LogP contribution in [0.1, 0.15) is 23.2 Å². The summed E-state index contributed by atoms with van der Waals surface area (Å²) in [6.45, 7) is 1.74. The predicted molar refractivity (Wildman–Crippen MR) is 114 cm³/mol. The van der Waals surface area contributed by atoms with Crippen molar-refractivity contribution in [2.24, 2.45) is 0 Å². The maximum atomic E-state index is 12.5. The van der Waals surface area contributed by atoms with E-state index in [9.17, 15) is 9.59 Å². The van der Waals surface area contributed by atoms with E-state index >= 15 is 0 Å². The molecule has 0 spiro atoms. The smallest absolute Gasteiger partial charge is 0.252 e. The number of halogens is 1. The standard InChI is InChI=1S/C20H24ClN3O4S/c1-27-17-10-16(18(28-2)9-15(17)21)23-19(25)11-24-6-3-14(4-7-24)22-20(26)13-5-8-29-12-13/h5,8-10,12,14H,3-4,6-7,11H2,1-2H3,(H,22,26)(H,23,25). The minimum absolute atomic E-state index is 0.0359. The number of benzene rings is 1. The Kier molecular flexibility index (Phi) is 7.35. The fourth-order valence-corrected chi connectivity index (χ4v) is 4.12. The van der Waals surface area contributed by atoms with E-state index in [2.05, 4.69) is 15.5 Å². The second-order valence-electron chi connectivity index (χ2n) is 6.77. The molecule has 2 N–H and O–H groups in total. The number of thiophene rings is 1. The number of rotatable bonds is 7. The van der Waals surface area contributed by atoms with E-state index in [4.69, 9.17) is 21.1 Å². The van der Waals surface area contributed by atoms with Crippen molar-refractivity contribution in [3.05, 3.63) is 39.5 Å². The van der Waals surface area contributed by atoms with Crippen molar-refractivity contribution in [3.8, 4) is 11.5 Å². The van der Waals surface area contributed by atoms with E-state index in [1.165, 1.54) is 25.6 Å². The average Bonchev–Trinajstić information content (AvgIpc) is 3.25. The summed E-state index contributed by atoms with van der Waals surface area (Å²) in [7, 11) is 3.03. The summed E-state index contributed by atoms with van der Waals surface area (Å²) in [5, 5.41) is 10.1. The zero-order valence-corrected chi connectivity index (χ0v) is 17.9. The monoisotopic (exact) mass is 437 g/mol. The highest BCUT2D eigenvalue weighted by Crippen LogP contribution is 2.35. The highest BCUT2D eigenvalue weighted by molar-refractivity contribution is 7.08. The lowest BCUT2D eigenvalue weighted by Crippen LogP contribution is -2.46. The number of hydrogen-bond donors (Lipinski definition) is 2. The molecule has 2 heterocycles. The second-order valence-corrected chi connectivity index (χ2v) is 7.96. The van der Waals surface area contributed by atoms with E-state index in [0.717, 1.165) is 25.9 Å². The number of methoxy groups -OCH3 is 2. The number of carbonyl (C=O) groups is 2. The van der Waals surface area contributed by atoms with E-state index in [0.29, 0.717) is 27.8 Å². The Labute approximate surface area is 178 Å². The van der Waals surface area contributed by atoms with Crippen LogP contribution in [0.25, 0.3) is 0 Å². The van der Waals surface area contributed by atoms with Gasteiger partial charge in [0.15, 0.2) is 0 Å². The van der Waals surface area contributed by atoms with Crippen LogP contribution in [0.3, 0.4) is 0 Å². The third-order valence-electron chi connectivity index (χ3n) is 4.82. The van der Waals surface area contributed by atoms with Crippen LogP contribution in [0.15, 0.2) is 29.0 Å². The van der Waals surface area contributed by atoms with Gasteiger partial charge < -0.3 is 20.1 Å². The number of anilines is 1. The van der Waals surface area contributed by atoms with Gasteiger partial charge in [-0.2, -0.15) is 11.3 Å². The second kappa shape index (κ2) is 9.96. The molecule has 0 unspecified atom stereocenters. The normalized spacial score (nSPS) is 15.0. The van der Waals surface area contributed by atoms with E-state index in [-0.39, 0.29) is 24.4 Å². The highest BCUT2D eigenvalue weighted by atomic mass is 35.5. The number of piperidine rings is 1. The van der Waals surface area contributed by atoms with Gasteiger partial charge in [-0.15, -0.1) is 0 Å². The molecule has 2 aromatic rings. The zero-order chi connectivity index (χ0) is 20.8. The number of amides is 2. The fraction of sp³-hybridized carbons (Fsp3) is 0.400. The first-order valence-corrected chi connectivity index (χ1v) is 10.6. The molecule has 7 nitrogen and oxygen atoms in total. The van der Waals surface area contributed by atoms with Crippen LogP contribution in [-0.4, -0.2) is 56.6 Å². The molecule has 156 valence electrons. The minimum Gasteiger partial charge on any atom is -0.495 e. The van der Waals surface area contributed by atoms with Crippen LogP contribution in [0.4, 0.5) is 5.69 Å². The van der Waals surface area contributed by atoms with Crippen LogP contribution < -0.4 is 20.1 Å². The Morgan fingerprint density at radius 3 is 2.55 bits per heavy atom. The zero-order valence-electron chi connectivity index (χ0n) is 16.4. The molecule has 0 radical (unpaired) electrons. The van der Waals surface area contributed by atoms with Gasteiger partial charge in [0.1, 0.15) is 11.5 Å². The van der Waals surface area contributed by atoms with Crippen molar-refractivity contribution >= 4 is 40.4 Å². The molecule has 1 aliphatic rings. The SMILES string of the molecule is COc1cc(NC(=O)CN2CCC(NC(=O)c3ccsc3)CC2)c(OC)cc1Cl. The molecule has 2 amide bonds. The molecule has 1 saturated heterocycles. The quantitative estimate of drug-likeness (QED) is 0.695. The van der Waals surface area contributed by atoms with Gasteiger partial charge in [0, 0.05) is 42.2 Å². The lowest BCUT2D eigenvalue weighted by atomic mass is 10.0. The molecule has 0 bridgehead atoms. The number of nitrogens with one attached hydrogen (secondary N) is 2. The van der Waals surface area contributed by atoms with Crippen molar-refractivity contribution in [1.82, 2.24) is 10.2 Å². The third-order valence-corrected chi connectivity index (χ3v) is 5.80. The molecule has 1 aromatic carbocycles. The Morgan fingerprint density at radius 1 is 1.21 bits per heavy atom. The molecule has 29 heavy (non-hydrogen) atoms. The van der Waals surface area contributed by atoms with Crippen molar-refractivity contribution in [2.45, 2.75) is 18.9 Å². The summed E-state index contributed by atoms with van der Waals surface area (Å²) in [5.41, 5.74) is 1.21. The molecular weight excluding hydrogens is 414 g/mol. The molecule has 1 aliphatic heterocycles. The van der Waals surface area contributed by atoms with Gasteiger partial charge in [-0.3, -0.25) is 14.5 Å². The van der Waals surface area contributed by atoms with Gasteiger partial charge in [0.2, 0.25) is 5.91 Å². The number of hydrogen-bond acceptors (Lipinski definition) is 6. The van der Waals surface area contributed by atoms with Gasteiger partial charge in [0.05, 0.1) is 31.5 Å². The topological polar surface area (TPSA) is 79.9 Å². The summed E-state index contributed by atoms with van der Waals surface area (Å²) in [4.78, 5) is 26.7.